The molecule has 2 aromatic carbocycles. The Morgan fingerprint density at radius 2 is 1.77 bits per heavy atom. The number of nitro groups is 1. The molecule has 2 heterocycles. The van der Waals surface area contributed by atoms with Crippen molar-refractivity contribution in [2.75, 3.05) is 0 Å². The Morgan fingerprint density at radius 1 is 1.03 bits per heavy atom. The number of aromatic nitrogens is 1. The Labute approximate surface area is 182 Å². The molecule has 0 aliphatic heterocycles. The SMILES string of the molecule is Cc1ccc(-c2csc(=Nc3ccc(C)cc3C)n2N=Cc2ccc([N+](=O)[O-])o2)cc1. The Kier molecular flexibility index (Phi) is 5.64. The highest BCUT2D eigenvalue weighted by Crippen LogP contribution is 2.23. The van der Waals surface area contributed by atoms with E-state index in [2.05, 4.69) is 11.2 Å². The quantitative estimate of drug-likeness (QED) is 0.228. The predicted molar refractivity (Wildman–Crippen MR) is 122 cm³/mol. The molecule has 4 rings (SSSR count). The summed E-state index contributed by atoms with van der Waals surface area (Å²) in [6.07, 6.45) is 1.46. The third-order valence-corrected chi connectivity index (χ3v) is 5.51. The van der Waals surface area contributed by atoms with Gasteiger partial charge >= 0.3 is 5.88 Å². The maximum absolute atomic E-state index is 10.9. The second-order valence-corrected chi connectivity index (χ2v) is 8.00. The molecule has 0 atom stereocenters. The van der Waals surface area contributed by atoms with Crippen molar-refractivity contribution in [2.45, 2.75) is 20.8 Å². The van der Waals surface area contributed by atoms with Gasteiger partial charge in [-0.3, -0.25) is 10.1 Å². The van der Waals surface area contributed by atoms with Crippen LogP contribution in [0.4, 0.5) is 11.6 Å². The van der Waals surface area contributed by atoms with E-state index in [9.17, 15) is 10.1 Å². The molecular weight excluding hydrogens is 412 g/mol. The smallest absolute Gasteiger partial charge is 0.400 e. The molecule has 0 spiro atoms. The number of nitrogens with zero attached hydrogens (tertiary/aromatic N) is 4. The zero-order chi connectivity index (χ0) is 22.0. The second-order valence-electron chi connectivity index (χ2n) is 7.16. The van der Waals surface area contributed by atoms with Crippen LogP contribution in [-0.4, -0.2) is 15.8 Å². The highest BCUT2D eigenvalue weighted by atomic mass is 32.1. The first-order valence-corrected chi connectivity index (χ1v) is 10.5. The summed E-state index contributed by atoms with van der Waals surface area (Å²) >= 11 is 1.47. The van der Waals surface area contributed by atoms with Crippen molar-refractivity contribution in [3.05, 3.63) is 97.3 Å². The van der Waals surface area contributed by atoms with E-state index >= 15 is 0 Å². The number of hydrogen-bond acceptors (Lipinski definition) is 6. The molecule has 0 aliphatic carbocycles. The van der Waals surface area contributed by atoms with Crippen molar-refractivity contribution in [1.82, 2.24) is 4.68 Å². The van der Waals surface area contributed by atoms with Gasteiger partial charge < -0.3 is 4.42 Å². The van der Waals surface area contributed by atoms with Crippen LogP contribution in [0.2, 0.25) is 0 Å². The van der Waals surface area contributed by atoms with Crippen LogP contribution in [0, 0.1) is 30.9 Å². The molecule has 156 valence electrons. The summed E-state index contributed by atoms with van der Waals surface area (Å²) in [4.78, 5) is 15.8. The van der Waals surface area contributed by atoms with Gasteiger partial charge in [-0.1, -0.05) is 47.5 Å². The maximum atomic E-state index is 10.9. The molecule has 7 nitrogen and oxygen atoms in total. The van der Waals surface area contributed by atoms with E-state index in [-0.39, 0.29) is 11.6 Å². The number of hydrogen-bond donors (Lipinski definition) is 0. The molecule has 0 N–H and O–H groups in total. The van der Waals surface area contributed by atoms with Crippen molar-refractivity contribution in [2.24, 2.45) is 10.1 Å². The summed E-state index contributed by atoms with van der Waals surface area (Å²) in [6, 6.07) is 17.1. The minimum Gasteiger partial charge on any atom is -0.400 e. The Hall–Kier alpha value is -3.78. The molecule has 0 bridgehead atoms. The van der Waals surface area contributed by atoms with Crippen LogP contribution in [0.25, 0.3) is 11.3 Å². The highest BCUT2D eigenvalue weighted by molar-refractivity contribution is 7.07. The van der Waals surface area contributed by atoms with Gasteiger partial charge in [0.1, 0.15) is 4.92 Å². The lowest BCUT2D eigenvalue weighted by Crippen LogP contribution is -2.11. The van der Waals surface area contributed by atoms with Crippen molar-refractivity contribution < 1.29 is 9.34 Å². The topological polar surface area (TPSA) is 85.9 Å². The summed E-state index contributed by atoms with van der Waals surface area (Å²) in [6.45, 7) is 6.11. The van der Waals surface area contributed by atoms with E-state index < -0.39 is 4.92 Å². The monoisotopic (exact) mass is 432 g/mol. The van der Waals surface area contributed by atoms with Gasteiger partial charge in [-0.2, -0.15) is 5.10 Å². The lowest BCUT2D eigenvalue weighted by Gasteiger charge is -2.05. The van der Waals surface area contributed by atoms with Crippen LogP contribution in [0.15, 0.2) is 74.5 Å². The number of rotatable bonds is 5. The molecule has 0 radical (unpaired) electrons. The minimum absolute atomic E-state index is 0.290. The Bertz CT molecular complexity index is 1340. The Morgan fingerprint density at radius 3 is 2.45 bits per heavy atom. The van der Waals surface area contributed by atoms with Gasteiger partial charge in [-0.05, 0) is 38.5 Å². The van der Waals surface area contributed by atoms with Gasteiger partial charge in [0.25, 0.3) is 0 Å². The molecule has 4 aromatic rings. The van der Waals surface area contributed by atoms with E-state index in [1.54, 1.807) is 4.68 Å². The molecule has 2 aromatic heterocycles. The van der Waals surface area contributed by atoms with Gasteiger partial charge in [-0.15, -0.1) is 11.3 Å². The van der Waals surface area contributed by atoms with E-state index in [0.717, 1.165) is 28.1 Å². The number of thiazole rings is 1. The summed E-state index contributed by atoms with van der Waals surface area (Å²) in [7, 11) is 0. The standard InChI is InChI=1S/C23H20N4O3S/c1-15-4-7-18(8-5-15)21-14-31-23(25-20-10-6-16(2)12-17(20)3)26(21)24-13-19-9-11-22(30-19)27(28)29/h4-14H,1-3H3. The van der Waals surface area contributed by atoms with Crippen LogP contribution in [0.5, 0.6) is 0 Å². The average molecular weight is 433 g/mol. The molecule has 8 heteroatoms. The van der Waals surface area contributed by atoms with Crippen molar-refractivity contribution >= 4 is 29.1 Å². The van der Waals surface area contributed by atoms with Gasteiger partial charge in [0.15, 0.2) is 5.76 Å². The van der Waals surface area contributed by atoms with Gasteiger partial charge in [0.2, 0.25) is 4.80 Å². The van der Waals surface area contributed by atoms with E-state index in [1.807, 2.05) is 62.5 Å². The fourth-order valence-electron chi connectivity index (χ4n) is 3.07. The number of benzene rings is 2. The van der Waals surface area contributed by atoms with Gasteiger partial charge in [0.05, 0.1) is 23.7 Å². The van der Waals surface area contributed by atoms with Crippen molar-refractivity contribution in [1.29, 1.82) is 0 Å². The normalized spacial score (nSPS) is 12.0. The predicted octanol–water partition coefficient (Wildman–Crippen LogP) is 5.76. The summed E-state index contributed by atoms with van der Waals surface area (Å²) in [5, 5.41) is 17.4. The fourth-order valence-corrected chi connectivity index (χ4v) is 3.92. The third kappa shape index (κ3) is 4.54. The lowest BCUT2D eigenvalue weighted by atomic mass is 10.1. The number of furan rings is 1. The third-order valence-electron chi connectivity index (χ3n) is 4.69. The van der Waals surface area contributed by atoms with Gasteiger partial charge in [0, 0.05) is 10.9 Å². The molecule has 0 saturated carbocycles. The fraction of sp³-hybridized carbons (Fsp3) is 0.130. The average Bonchev–Trinajstić information content (AvgIpc) is 3.36. The van der Waals surface area contributed by atoms with Crippen LogP contribution < -0.4 is 4.80 Å². The van der Waals surface area contributed by atoms with Crippen LogP contribution in [0.3, 0.4) is 0 Å². The Balaban J connectivity index is 1.83. The van der Waals surface area contributed by atoms with Crippen LogP contribution in [0.1, 0.15) is 22.5 Å². The zero-order valence-electron chi connectivity index (χ0n) is 17.3. The first kappa shape index (κ1) is 20.5. The van der Waals surface area contributed by atoms with Gasteiger partial charge in [-0.25, -0.2) is 9.67 Å². The molecule has 0 saturated heterocycles. The first-order valence-electron chi connectivity index (χ1n) is 9.59. The maximum Gasteiger partial charge on any atom is 0.433 e. The summed E-state index contributed by atoms with van der Waals surface area (Å²) < 4.78 is 6.93. The summed E-state index contributed by atoms with van der Waals surface area (Å²) in [5.74, 6) is -0.0339. The highest BCUT2D eigenvalue weighted by Gasteiger charge is 2.12. The van der Waals surface area contributed by atoms with E-state index in [4.69, 9.17) is 9.41 Å². The van der Waals surface area contributed by atoms with E-state index in [1.165, 1.54) is 35.2 Å². The van der Waals surface area contributed by atoms with Crippen LogP contribution in [-0.2, 0) is 0 Å². The van der Waals surface area contributed by atoms with Crippen molar-refractivity contribution in [3.8, 4) is 11.3 Å². The molecule has 0 aliphatic rings. The molecule has 31 heavy (non-hydrogen) atoms. The molecule has 0 unspecified atom stereocenters. The minimum atomic E-state index is -0.576. The zero-order valence-corrected chi connectivity index (χ0v) is 18.1. The number of aryl methyl sites for hydroxylation is 3. The lowest BCUT2D eigenvalue weighted by molar-refractivity contribution is -0.402. The van der Waals surface area contributed by atoms with Crippen molar-refractivity contribution in [3.63, 3.8) is 0 Å². The first-order chi connectivity index (χ1) is 14.9. The second kappa shape index (κ2) is 8.53. The molecule has 0 amide bonds. The summed E-state index contributed by atoms with van der Waals surface area (Å²) in [5.41, 5.74) is 6.13. The molecule has 0 fully saturated rings. The molecular formula is C23H20N4O3S. The van der Waals surface area contributed by atoms with Crippen LogP contribution >= 0.6 is 11.3 Å². The van der Waals surface area contributed by atoms with E-state index in [0.29, 0.717) is 4.80 Å². The largest absolute Gasteiger partial charge is 0.433 e.